The lowest BCUT2D eigenvalue weighted by atomic mass is 9.78. The predicted molar refractivity (Wildman–Crippen MR) is 110 cm³/mol. The van der Waals surface area contributed by atoms with Gasteiger partial charge in [-0.2, -0.15) is 0 Å². The summed E-state index contributed by atoms with van der Waals surface area (Å²) in [4.78, 5) is 17.5. The number of hydrogen-bond acceptors (Lipinski definition) is 4. The van der Waals surface area contributed by atoms with Gasteiger partial charge in [-0.15, -0.1) is 0 Å². The minimum absolute atomic E-state index is 0.0625. The number of benzene rings is 1. The summed E-state index contributed by atoms with van der Waals surface area (Å²) in [5.41, 5.74) is 1.22. The van der Waals surface area contributed by atoms with E-state index in [9.17, 15) is 4.79 Å². The van der Waals surface area contributed by atoms with E-state index >= 15 is 0 Å². The molecule has 0 bridgehead atoms. The quantitative estimate of drug-likeness (QED) is 0.861. The van der Waals surface area contributed by atoms with Crippen LogP contribution in [0.4, 0.5) is 5.69 Å². The summed E-state index contributed by atoms with van der Waals surface area (Å²) in [7, 11) is 1.69. The Balaban J connectivity index is 1.50. The van der Waals surface area contributed by atoms with E-state index in [0.717, 1.165) is 38.3 Å². The first kappa shape index (κ1) is 20.0. The average molecular weight is 374 g/mol. The molecule has 0 aromatic heterocycles. The molecule has 5 nitrogen and oxygen atoms in total. The summed E-state index contributed by atoms with van der Waals surface area (Å²) in [5.74, 6) is 2.35. The molecule has 1 aliphatic heterocycles. The van der Waals surface area contributed by atoms with Crippen molar-refractivity contribution >= 4 is 11.6 Å². The molecule has 2 aliphatic rings. The van der Waals surface area contributed by atoms with E-state index in [2.05, 4.69) is 48.0 Å². The zero-order valence-electron chi connectivity index (χ0n) is 17.3. The van der Waals surface area contributed by atoms with Crippen molar-refractivity contribution in [2.45, 2.75) is 52.1 Å². The van der Waals surface area contributed by atoms with Gasteiger partial charge in [-0.1, -0.05) is 26.7 Å². The van der Waals surface area contributed by atoms with Crippen molar-refractivity contribution in [3.8, 4) is 5.75 Å². The van der Waals surface area contributed by atoms with Crippen molar-refractivity contribution in [1.82, 2.24) is 10.2 Å². The van der Waals surface area contributed by atoms with Crippen LogP contribution in [0.2, 0.25) is 0 Å². The molecule has 27 heavy (non-hydrogen) atoms. The molecule has 1 amide bonds. The highest BCUT2D eigenvalue weighted by atomic mass is 16.5. The molecule has 1 heterocycles. The number of hydrogen-bond donors (Lipinski definition) is 1. The number of amides is 1. The van der Waals surface area contributed by atoms with Crippen molar-refractivity contribution in [3.63, 3.8) is 0 Å². The van der Waals surface area contributed by atoms with E-state index in [0.29, 0.717) is 17.9 Å². The molecule has 0 unspecified atom stereocenters. The number of nitrogens with one attached hydrogen (secondary N) is 1. The molecule has 1 aromatic carbocycles. The second-order valence-corrected chi connectivity index (χ2v) is 8.28. The lowest BCUT2D eigenvalue weighted by Gasteiger charge is -2.40. The minimum atomic E-state index is -0.0625. The summed E-state index contributed by atoms with van der Waals surface area (Å²) in [6.07, 6.45) is 3.64. The zero-order chi connectivity index (χ0) is 19.4. The second kappa shape index (κ2) is 8.96. The molecule has 0 spiro atoms. The maximum atomic E-state index is 12.8. The van der Waals surface area contributed by atoms with E-state index in [-0.39, 0.29) is 11.9 Å². The molecule has 5 heteroatoms. The van der Waals surface area contributed by atoms with Gasteiger partial charge in [0.15, 0.2) is 0 Å². The summed E-state index contributed by atoms with van der Waals surface area (Å²) in [6, 6.07) is 8.50. The molecule has 1 aliphatic carbocycles. The first-order valence-electron chi connectivity index (χ1n) is 10.4. The highest BCUT2D eigenvalue weighted by molar-refractivity contribution is 5.81. The standard InChI is InChI=1S/C22H35N3O2/c1-16-6-5-7-21(17(16)2)23-22(26)18(3)24-12-14-25(15-13-24)19-8-10-20(27-4)11-9-19/h8-11,16-18,21H,5-7,12-15H2,1-4H3,(H,23,26)/t16-,17-,18-,21+/m1/s1. The summed E-state index contributed by atoms with van der Waals surface area (Å²) in [5, 5.41) is 3.34. The van der Waals surface area contributed by atoms with Gasteiger partial charge in [-0.25, -0.2) is 0 Å². The number of ether oxygens (including phenoxy) is 1. The predicted octanol–water partition coefficient (Wildman–Crippen LogP) is 3.15. The molecular formula is C22H35N3O2. The monoisotopic (exact) mass is 373 g/mol. The summed E-state index contributed by atoms with van der Waals surface area (Å²) >= 11 is 0. The van der Waals surface area contributed by atoms with E-state index in [1.165, 1.54) is 18.5 Å². The topological polar surface area (TPSA) is 44.8 Å². The maximum absolute atomic E-state index is 12.8. The van der Waals surface area contributed by atoms with Crippen molar-refractivity contribution in [2.75, 3.05) is 38.2 Å². The van der Waals surface area contributed by atoms with Crippen LogP contribution in [0.1, 0.15) is 40.0 Å². The third kappa shape index (κ3) is 4.75. The molecule has 3 rings (SSSR count). The van der Waals surface area contributed by atoms with Crippen LogP contribution in [0.25, 0.3) is 0 Å². The van der Waals surface area contributed by atoms with E-state index < -0.39 is 0 Å². The van der Waals surface area contributed by atoms with Crippen LogP contribution >= 0.6 is 0 Å². The maximum Gasteiger partial charge on any atom is 0.237 e. The molecule has 1 saturated heterocycles. The molecule has 1 saturated carbocycles. The smallest absolute Gasteiger partial charge is 0.237 e. The number of carbonyl (C=O) groups excluding carboxylic acids is 1. The minimum Gasteiger partial charge on any atom is -0.497 e. The fraction of sp³-hybridized carbons (Fsp3) is 0.682. The highest BCUT2D eigenvalue weighted by Crippen LogP contribution is 2.29. The second-order valence-electron chi connectivity index (χ2n) is 8.28. The Morgan fingerprint density at radius 2 is 1.78 bits per heavy atom. The van der Waals surface area contributed by atoms with Gasteiger partial charge in [-0.05, 0) is 49.4 Å². The number of rotatable bonds is 5. The van der Waals surface area contributed by atoms with Gasteiger partial charge < -0.3 is 15.0 Å². The Morgan fingerprint density at radius 1 is 1.11 bits per heavy atom. The fourth-order valence-electron chi connectivity index (χ4n) is 4.42. The molecule has 1 N–H and O–H groups in total. The summed E-state index contributed by atoms with van der Waals surface area (Å²) in [6.45, 7) is 10.4. The Kier molecular flexibility index (Phi) is 6.64. The number of methoxy groups -OCH3 is 1. The number of carbonyl (C=O) groups is 1. The third-order valence-electron chi connectivity index (χ3n) is 6.71. The van der Waals surface area contributed by atoms with Gasteiger partial charge in [0.05, 0.1) is 13.2 Å². The Labute approximate surface area is 164 Å². The number of nitrogens with zero attached hydrogens (tertiary/aromatic N) is 2. The molecule has 4 atom stereocenters. The zero-order valence-corrected chi connectivity index (χ0v) is 17.3. The lowest BCUT2D eigenvalue weighted by molar-refractivity contribution is -0.127. The van der Waals surface area contributed by atoms with Crippen molar-refractivity contribution in [3.05, 3.63) is 24.3 Å². The molecule has 1 aromatic rings. The molecule has 2 fully saturated rings. The van der Waals surface area contributed by atoms with Crippen LogP contribution in [-0.2, 0) is 4.79 Å². The van der Waals surface area contributed by atoms with Crippen molar-refractivity contribution in [1.29, 1.82) is 0 Å². The van der Waals surface area contributed by atoms with E-state index in [1.807, 2.05) is 12.1 Å². The SMILES string of the molecule is COc1ccc(N2CCN([C@H](C)C(=O)N[C@H]3CCC[C@@H](C)[C@H]3C)CC2)cc1. The largest absolute Gasteiger partial charge is 0.497 e. The first-order chi connectivity index (χ1) is 13.0. The van der Waals surface area contributed by atoms with Gasteiger partial charge in [0.1, 0.15) is 5.75 Å². The molecular weight excluding hydrogens is 338 g/mol. The van der Waals surface area contributed by atoms with E-state index in [4.69, 9.17) is 4.74 Å². The van der Waals surface area contributed by atoms with Crippen LogP contribution in [0.15, 0.2) is 24.3 Å². The third-order valence-corrected chi connectivity index (χ3v) is 6.71. The fourth-order valence-corrected chi connectivity index (χ4v) is 4.42. The first-order valence-corrected chi connectivity index (χ1v) is 10.4. The van der Waals surface area contributed by atoms with Gasteiger partial charge in [-0.3, -0.25) is 9.69 Å². The van der Waals surface area contributed by atoms with Gasteiger partial charge >= 0.3 is 0 Å². The van der Waals surface area contributed by atoms with Crippen LogP contribution in [0.3, 0.4) is 0 Å². The van der Waals surface area contributed by atoms with Crippen LogP contribution in [0, 0.1) is 11.8 Å². The average Bonchev–Trinajstić information content (AvgIpc) is 2.71. The Morgan fingerprint density at radius 3 is 2.41 bits per heavy atom. The lowest BCUT2D eigenvalue weighted by Crippen LogP contribution is -2.56. The van der Waals surface area contributed by atoms with Crippen molar-refractivity contribution in [2.24, 2.45) is 11.8 Å². The van der Waals surface area contributed by atoms with Crippen molar-refractivity contribution < 1.29 is 9.53 Å². The number of anilines is 1. The van der Waals surface area contributed by atoms with Crippen LogP contribution < -0.4 is 15.0 Å². The van der Waals surface area contributed by atoms with E-state index in [1.54, 1.807) is 7.11 Å². The van der Waals surface area contributed by atoms with Crippen LogP contribution in [0.5, 0.6) is 5.75 Å². The molecule has 150 valence electrons. The van der Waals surface area contributed by atoms with Gasteiger partial charge in [0.2, 0.25) is 5.91 Å². The normalized spacial score (nSPS) is 27.9. The highest BCUT2D eigenvalue weighted by Gasteiger charge is 2.31. The Bertz CT molecular complexity index is 610. The van der Waals surface area contributed by atoms with Crippen LogP contribution in [-0.4, -0.2) is 56.2 Å². The number of piperazine rings is 1. The molecule has 0 radical (unpaired) electrons. The van der Waals surface area contributed by atoms with Gasteiger partial charge in [0, 0.05) is 37.9 Å². The Hall–Kier alpha value is -1.75. The van der Waals surface area contributed by atoms with Gasteiger partial charge in [0.25, 0.3) is 0 Å². The summed E-state index contributed by atoms with van der Waals surface area (Å²) < 4.78 is 5.24.